The molecule has 1 aliphatic heterocycles. The third-order valence-electron chi connectivity index (χ3n) is 5.53. The van der Waals surface area contributed by atoms with Crippen molar-refractivity contribution >= 4 is 46.3 Å². The van der Waals surface area contributed by atoms with E-state index < -0.39 is 18.4 Å². The van der Waals surface area contributed by atoms with Crippen molar-refractivity contribution in [1.82, 2.24) is 4.90 Å². The van der Waals surface area contributed by atoms with E-state index in [-0.39, 0.29) is 10.2 Å². The van der Waals surface area contributed by atoms with Crippen molar-refractivity contribution in [2.24, 2.45) is 0 Å². The molecular weight excluding hydrogens is 494 g/mol. The Morgan fingerprint density at radius 3 is 2.42 bits per heavy atom. The minimum absolute atomic E-state index is 0.184. The second-order valence-electron chi connectivity index (χ2n) is 8.26. The van der Waals surface area contributed by atoms with Gasteiger partial charge in [0.05, 0.1) is 11.5 Å². The number of hydrogen-bond acceptors (Lipinski definition) is 6. The maximum absolute atomic E-state index is 12.7. The van der Waals surface area contributed by atoms with Crippen LogP contribution in [0.15, 0.2) is 83.8 Å². The van der Waals surface area contributed by atoms with Crippen LogP contribution < -0.4 is 9.47 Å². The molecule has 1 heterocycles. The van der Waals surface area contributed by atoms with Gasteiger partial charge < -0.3 is 14.6 Å². The molecule has 0 spiro atoms. The number of rotatable bonds is 10. The lowest BCUT2D eigenvalue weighted by atomic mass is 10.0. The lowest BCUT2D eigenvalue weighted by molar-refractivity contribution is -0.140. The van der Waals surface area contributed by atoms with Crippen LogP contribution in [0.2, 0.25) is 0 Å². The number of benzene rings is 3. The number of aliphatic carboxylic acids is 1. The monoisotopic (exact) mass is 519 g/mol. The Bertz CT molecular complexity index is 1280. The largest absolute Gasteiger partial charge is 0.489 e. The highest BCUT2D eigenvalue weighted by molar-refractivity contribution is 8.26. The molecule has 1 amide bonds. The molecule has 0 radical (unpaired) electrons. The smallest absolute Gasteiger partial charge is 0.323 e. The lowest BCUT2D eigenvalue weighted by Gasteiger charge is -2.17. The fraction of sp³-hybridized carbons (Fsp3) is 0.179. The first kappa shape index (κ1) is 25.5. The second kappa shape index (κ2) is 11.9. The SMILES string of the molecule is CC(COc1ccc(C=C2SC(=S)N(CC(=O)O)C2=O)cc1OCc1ccccc1)c1ccccc1. The topological polar surface area (TPSA) is 76.1 Å². The van der Waals surface area contributed by atoms with E-state index in [2.05, 4.69) is 19.1 Å². The second-order valence-corrected chi connectivity index (χ2v) is 9.94. The molecule has 4 rings (SSSR count). The summed E-state index contributed by atoms with van der Waals surface area (Å²) in [6.07, 6.45) is 1.69. The summed E-state index contributed by atoms with van der Waals surface area (Å²) in [7, 11) is 0. The van der Waals surface area contributed by atoms with Gasteiger partial charge in [0.2, 0.25) is 0 Å². The summed E-state index contributed by atoms with van der Waals surface area (Å²) in [6.45, 7) is 2.47. The maximum Gasteiger partial charge on any atom is 0.323 e. The van der Waals surface area contributed by atoms with Gasteiger partial charge in [-0.05, 0) is 34.9 Å². The number of thiocarbonyl (C=S) groups is 1. The number of carbonyl (C=O) groups is 2. The molecule has 1 aliphatic rings. The normalized spacial score (nSPS) is 15.2. The Morgan fingerprint density at radius 2 is 1.72 bits per heavy atom. The standard InChI is InChI=1S/C28H25NO5S2/c1-19(22-10-6-3-7-11-22)17-33-23-13-12-21(14-24(23)34-18-20-8-4-2-5-9-20)15-25-27(32)29(16-26(30)31)28(35)36-25/h2-15,19H,16-18H2,1H3,(H,30,31). The van der Waals surface area contributed by atoms with Crippen molar-refractivity contribution in [2.75, 3.05) is 13.2 Å². The van der Waals surface area contributed by atoms with Gasteiger partial charge in [0.15, 0.2) is 11.5 Å². The van der Waals surface area contributed by atoms with Gasteiger partial charge >= 0.3 is 5.97 Å². The van der Waals surface area contributed by atoms with E-state index in [1.54, 1.807) is 6.08 Å². The number of ether oxygens (including phenoxy) is 2. The fourth-order valence-corrected chi connectivity index (χ4v) is 4.85. The van der Waals surface area contributed by atoms with Gasteiger partial charge in [-0.15, -0.1) is 0 Å². The van der Waals surface area contributed by atoms with Crippen LogP contribution in [0.1, 0.15) is 29.5 Å². The molecule has 1 N–H and O–H groups in total. The molecule has 1 saturated heterocycles. The zero-order valence-electron chi connectivity index (χ0n) is 19.6. The summed E-state index contributed by atoms with van der Waals surface area (Å²) in [6, 6.07) is 25.4. The molecule has 3 aromatic rings. The minimum Gasteiger partial charge on any atom is -0.489 e. The van der Waals surface area contributed by atoms with Crippen LogP contribution in [-0.4, -0.2) is 39.4 Å². The van der Waals surface area contributed by atoms with Gasteiger partial charge in [0.25, 0.3) is 5.91 Å². The zero-order valence-corrected chi connectivity index (χ0v) is 21.3. The van der Waals surface area contributed by atoms with E-state index in [9.17, 15) is 9.59 Å². The van der Waals surface area contributed by atoms with Crippen LogP contribution in [0.3, 0.4) is 0 Å². The van der Waals surface area contributed by atoms with E-state index in [4.69, 9.17) is 26.8 Å². The first-order valence-corrected chi connectivity index (χ1v) is 12.6. The van der Waals surface area contributed by atoms with Crippen LogP contribution in [0.4, 0.5) is 0 Å². The number of thioether (sulfide) groups is 1. The van der Waals surface area contributed by atoms with Gasteiger partial charge in [0.1, 0.15) is 17.5 Å². The van der Waals surface area contributed by atoms with Gasteiger partial charge in [-0.25, -0.2) is 0 Å². The quantitative estimate of drug-likeness (QED) is 0.271. The predicted octanol–water partition coefficient (Wildman–Crippen LogP) is 5.73. The first-order valence-electron chi connectivity index (χ1n) is 11.4. The molecule has 0 bridgehead atoms. The third kappa shape index (κ3) is 6.53. The summed E-state index contributed by atoms with van der Waals surface area (Å²) >= 11 is 6.27. The molecule has 1 atom stereocenters. The average molecular weight is 520 g/mol. The molecular formula is C28H25NO5S2. The van der Waals surface area contributed by atoms with Crippen LogP contribution in [0.25, 0.3) is 6.08 Å². The first-order chi connectivity index (χ1) is 17.4. The van der Waals surface area contributed by atoms with E-state index in [0.717, 1.165) is 27.8 Å². The van der Waals surface area contributed by atoms with Crippen molar-refractivity contribution in [3.63, 3.8) is 0 Å². The zero-order chi connectivity index (χ0) is 25.5. The molecule has 184 valence electrons. The summed E-state index contributed by atoms with van der Waals surface area (Å²) in [4.78, 5) is 25.2. The van der Waals surface area contributed by atoms with Crippen molar-refractivity contribution in [3.8, 4) is 11.5 Å². The molecule has 8 heteroatoms. The number of nitrogens with zero attached hydrogens (tertiary/aromatic N) is 1. The molecule has 0 saturated carbocycles. The number of hydrogen-bond donors (Lipinski definition) is 1. The Balaban J connectivity index is 1.55. The van der Waals surface area contributed by atoms with Gasteiger partial charge in [-0.1, -0.05) is 97.6 Å². The van der Waals surface area contributed by atoms with Crippen molar-refractivity contribution < 1.29 is 24.2 Å². The molecule has 1 fully saturated rings. The van der Waals surface area contributed by atoms with Crippen molar-refractivity contribution in [1.29, 1.82) is 0 Å². The third-order valence-corrected chi connectivity index (χ3v) is 6.90. The van der Waals surface area contributed by atoms with Crippen molar-refractivity contribution in [3.05, 3.63) is 100 Å². The van der Waals surface area contributed by atoms with Crippen LogP contribution in [0, 0.1) is 0 Å². The highest BCUT2D eigenvalue weighted by atomic mass is 32.2. The van der Waals surface area contributed by atoms with Crippen LogP contribution >= 0.6 is 24.0 Å². The Kier molecular flexibility index (Phi) is 8.40. The van der Waals surface area contributed by atoms with E-state index in [0.29, 0.717) is 29.6 Å². The molecule has 6 nitrogen and oxygen atoms in total. The summed E-state index contributed by atoms with van der Waals surface area (Å²) < 4.78 is 12.5. The Labute approximate surface area is 219 Å². The number of amides is 1. The highest BCUT2D eigenvalue weighted by Crippen LogP contribution is 2.35. The summed E-state index contributed by atoms with van der Waals surface area (Å²) in [5.74, 6) is -0.201. The fourth-order valence-electron chi connectivity index (χ4n) is 3.60. The molecule has 3 aromatic carbocycles. The molecule has 0 aromatic heterocycles. The molecule has 36 heavy (non-hydrogen) atoms. The van der Waals surface area contributed by atoms with E-state index in [1.165, 1.54) is 5.56 Å². The Morgan fingerprint density at radius 1 is 1.03 bits per heavy atom. The lowest BCUT2D eigenvalue weighted by Crippen LogP contribution is -2.33. The number of carbonyl (C=O) groups excluding carboxylic acids is 1. The van der Waals surface area contributed by atoms with E-state index in [1.807, 2.05) is 66.7 Å². The van der Waals surface area contributed by atoms with Crippen molar-refractivity contribution in [2.45, 2.75) is 19.4 Å². The summed E-state index contributed by atoms with van der Waals surface area (Å²) in [5, 5.41) is 9.05. The van der Waals surface area contributed by atoms with Gasteiger partial charge in [-0.2, -0.15) is 0 Å². The minimum atomic E-state index is -1.12. The highest BCUT2D eigenvalue weighted by Gasteiger charge is 2.33. The van der Waals surface area contributed by atoms with Gasteiger partial charge in [-0.3, -0.25) is 14.5 Å². The van der Waals surface area contributed by atoms with Gasteiger partial charge in [0, 0.05) is 5.92 Å². The van der Waals surface area contributed by atoms with Crippen LogP contribution in [-0.2, 0) is 16.2 Å². The number of carboxylic acid groups (broad SMARTS) is 1. The average Bonchev–Trinajstić information content (AvgIpc) is 3.14. The molecule has 1 unspecified atom stereocenters. The maximum atomic E-state index is 12.7. The Hall–Kier alpha value is -3.62. The summed E-state index contributed by atoms with van der Waals surface area (Å²) in [5.41, 5.74) is 2.92. The number of carboxylic acids is 1. The van der Waals surface area contributed by atoms with E-state index >= 15 is 0 Å². The molecule has 0 aliphatic carbocycles. The predicted molar refractivity (Wildman–Crippen MR) is 145 cm³/mol. The van der Waals surface area contributed by atoms with Crippen LogP contribution in [0.5, 0.6) is 11.5 Å².